The van der Waals surface area contributed by atoms with Crippen molar-refractivity contribution in [3.05, 3.63) is 0 Å². The number of rotatable bonds is 2. The van der Waals surface area contributed by atoms with Gasteiger partial charge in [0.1, 0.15) is 5.25 Å². The van der Waals surface area contributed by atoms with Crippen molar-refractivity contribution in [1.82, 2.24) is 0 Å². The molecule has 0 aromatic rings. The smallest absolute Gasteiger partial charge is 0.209 e. The van der Waals surface area contributed by atoms with Crippen molar-refractivity contribution in [2.24, 2.45) is 0 Å². The van der Waals surface area contributed by atoms with Gasteiger partial charge in [-0.3, -0.25) is 0 Å². The van der Waals surface area contributed by atoms with Gasteiger partial charge in [-0.2, -0.15) is 0 Å². The third-order valence-electron chi connectivity index (χ3n) is 0.497. The van der Waals surface area contributed by atoms with Gasteiger partial charge in [0.2, 0.25) is 0 Å². The molecule has 5 heteroatoms. The summed E-state index contributed by atoms with van der Waals surface area (Å²) in [6.45, 7) is 0. The molecular weight excluding hydrogens is 144 g/mol. The second-order valence-corrected chi connectivity index (χ2v) is 1.68. The van der Waals surface area contributed by atoms with Crippen LogP contribution >= 0.6 is 12.6 Å². The Kier molecular flexibility index (Phi) is 3.19. The maximum atomic E-state index is 11.1. The minimum Gasteiger partial charge on any atom is -0.209 e. The normalized spacial score (nSPS) is 12.0. The Hall–Kier alpha value is 0.0700. The molecule has 0 saturated heterocycles. The molecule has 0 aromatic carbocycles. The Morgan fingerprint density at radius 3 is 1.12 bits per heavy atom. The zero-order valence-electron chi connectivity index (χ0n) is 3.65. The van der Waals surface area contributed by atoms with E-state index in [9.17, 15) is 17.6 Å². The number of alkyl halides is 4. The van der Waals surface area contributed by atoms with Gasteiger partial charge in [-0.15, -0.1) is 0 Å². The van der Waals surface area contributed by atoms with Crippen LogP contribution in [0.1, 0.15) is 0 Å². The van der Waals surface area contributed by atoms with E-state index in [4.69, 9.17) is 0 Å². The quantitative estimate of drug-likeness (QED) is 0.524. The van der Waals surface area contributed by atoms with Crippen molar-refractivity contribution < 1.29 is 17.6 Å². The molecule has 0 aliphatic rings. The van der Waals surface area contributed by atoms with Gasteiger partial charge in [0.25, 0.3) is 12.9 Å². The Bertz CT molecular complexity index is 56.3. The fourth-order valence-electron chi connectivity index (χ4n) is 0.110. The van der Waals surface area contributed by atoms with Gasteiger partial charge in [0, 0.05) is 0 Å². The summed E-state index contributed by atoms with van der Waals surface area (Å²) >= 11 is 3.69. The van der Waals surface area contributed by atoms with Gasteiger partial charge < -0.3 is 0 Å². The SMILES string of the molecule is FC(F)C([S])C(F)F. The van der Waals surface area contributed by atoms with Crippen LogP contribution in [0.15, 0.2) is 0 Å². The predicted molar refractivity (Wildman–Crippen MR) is 23.4 cm³/mol. The number of hydrogen-bond donors (Lipinski definition) is 0. The summed E-state index contributed by atoms with van der Waals surface area (Å²) in [6.07, 6.45) is -6.19. The van der Waals surface area contributed by atoms with Crippen LogP contribution in [0, 0.1) is 0 Å². The first-order chi connectivity index (χ1) is 3.55. The van der Waals surface area contributed by atoms with Crippen LogP contribution in [0.5, 0.6) is 0 Å². The standard InChI is InChI=1S/C3H3F4S/c4-2(5)1(8)3(6)7/h1-3H. The maximum Gasteiger partial charge on any atom is 0.256 e. The van der Waals surface area contributed by atoms with Gasteiger partial charge in [-0.1, -0.05) is 12.6 Å². The van der Waals surface area contributed by atoms with Crippen LogP contribution < -0.4 is 0 Å². The lowest BCUT2D eigenvalue weighted by atomic mass is 10.5. The molecule has 0 bridgehead atoms. The lowest BCUT2D eigenvalue weighted by Crippen LogP contribution is -2.19. The highest BCUT2D eigenvalue weighted by Crippen LogP contribution is 2.15. The van der Waals surface area contributed by atoms with Crippen LogP contribution in [0.3, 0.4) is 0 Å². The van der Waals surface area contributed by atoms with E-state index < -0.39 is 18.1 Å². The zero-order valence-corrected chi connectivity index (χ0v) is 4.47. The van der Waals surface area contributed by atoms with E-state index in [0.717, 1.165) is 0 Å². The summed E-state index contributed by atoms with van der Waals surface area (Å²) in [5.74, 6) is 0. The zero-order chi connectivity index (χ0) is 6.73. The first-order valence-corrected chi connectivity index (χ1v) is 2.25. The van der Waals surface area contributed by atoms with Gasteiger partial charge in [-0.25, -0.2) is 17.6 Å². The molecular formula is C3H3F4S. The molecule has 0 aliphatic carbocycles. The van der Waals surface area contributed by atoms with E-state index in [1.807, 2.05) is 0 Å². The summed E-state index contributed by atoms with van der Waals surface area (Å²) in [6, 6.07) is 0. The molecule has 0 spiro atoms. The molecule has 0 saturated carbocycles. The average Bonchev–Trinajstić information content (AvgIpc) is 1.64. The van der Waals surface area contributed by atoms with Crippen molar-refractivity contribution in [2.45, 2.75) is 18.1 Å². The molecule has 0 heterocycles. The highest BCUT2D eigenvalue weighted by molar-refractivity contribution is 7.81. The summed E-state index contributed by atoms with van der Waals surface area (Å²) in [7, 11) is 0. The summed E-state index contributed by atoms with van der Waals surface area (Å²) < 4.78 is 44.4. The van der Waals surface area contributed by atoms with Gasteiger partial charge in [0.05, 0.1) is 0 Å². The van der Waals surface area contributed by atoms with E-state index in [-0.39, 0.29) is 0 Å². The van der Waals surface area contributed by atoms with Crippen LogP contribution in [0.2, 0.25) is 0 Å². The van der Waals surface area contributed by atoms with Crippen LogP contribution in [0.4, 0.5) is 17.6 Å². The molecule has 0 amide bonds. The predicted octanol–water partition coefficient (Wildman–Crippen LogP) is 2.08. The fraction of sp³-hybridized carbons (Fsp3) is 1.00. The monoisotopic (exact) mass is 147 g/mol. The van der Waals surface area contributed by atoms with Gasteiger partial charge >= 0.3 is 0 Å². The molecule has 8 heavy (non-hydrogen) atoms. The van der Waals surface area contributed by atoms with Gasteiger partial charge in [-0.05, 0) is 0 Å². The minimum absolute atomic E-state index is 2.21. The summed E-state index contributed by atoms with van der Waals surface area (Å²) in [5, 5.41) is -2.21. The second kappa shape index (κ2) is 3.17. The minimum atomic E-state index is -3.09. The molecule has 0 rings (SSSR count). The van der Waals surface area contributed by atoms with E-state index >= 15 is 0 Å². The topological polar surface area (TPSA) is 0 Å². The summed E-state index contributed by atoms with van der Waals surface area (Å²) in [5.41, 5.74) is 0. The van der Waals surface area contributed by atoms with Crippen molar-refractivity contribution >= 4 is 12.6 Å². The second-order valence-electron chi connectivity index (χ2n) is 1.13. The molecule has 49 valence electrons. The molecule has 0 N–H and O–H groups in total. The van der Waals surface area contributed by atoms with Crippen molar-refractivity contribution in [3.8, 4) is 0 Å². The third-order valence-corrected chi connectivity index (χ3v) is 0.908. The Labute approximate surface area is 49.3 Å². The third kappa shape index (κ3) is 2.40. The first-order valence-electron chi connectivity index (χ1n) is 1.78. The molecule has 0 atom stereocenters. The summed E-state index contributed by atoms with van der Waals surface area (Å²) in [4.78, 5) is 0. The molecule has 0 fully saturated rings. The molecule has 0 aliphatic heterocycles. The number of halogens is 4. The lowest BCUT2D eigenvalue weighted by molar-refractivity contribution is 0.0536. The molecule has 0 unspecified atom stereocenters. The van der Waals surface area contributed by atoms with E-state index in [2.05, 4.69) is 12.6 Å². The Balaban J connectivity index is 3.46. The van der Waals surface area contributed by atoms with Crippen molar-refractivity contribution in [2.75, 3.05) is 0 Å². The molecule has 0 aromatic heterocycles. The van der Waals surface area contributed by atoms with E-state index in [1.165, 1.54) is 0 Å². The fourth-order valence-corrected chi connectivity index (χ4v) is 0.110. The van der Waals surface area contributed by atoms with Crippen LogP contribution in [0.25, 0.3) is 0 Å². The van der Waals surface area contributed by atoms with Crippen molar-refractivity contribution in [1.29, 1.82) is 0 Å². The highest BCUT2D eigenvalue weighted by Gasteiger charge is 2.26. The van der Waals surface area contributed by atoms with E-state index in [0.29, 0.717) is 0 Å². The average molecular weight is 147 g/mol. The van der Waals surface area contributed by atoms with Crippen LogP contribution in [-0.4, -0.2) is 18.1 Å². The molecule has 1 radical (unpaired) electrons. The van der Waals surface area contributed by atoms with E-state index in [1.54, 1.807) is 0 Å². The van der Waals surface area contributed by atoms with Gasteiger partial charge in [0.15, 0.2) is 0 Å². The van der Waals surface area contributed by atoms with Crippen molar-refractivity contribution in [3.63, 3.8) is 0 Å². The maximum absolute atomic E-state index is 11.1. The largest absolute Gasteiger partial charge is 0.256 e. The Morgan fingerprint density at radius 1 is 0.875 bits per heavy atom. The Morgan fingerprint density at radius 2 is 1.12 bits per heavy atom. The highest BCUT2D eigenvalue weighted by atomic mass is 32.1. The number of hydrogen-bond acceptors (Lipinski definition) is 0. The first kappa shape index (κ1) is 8.07. The molecule has 0 nitrogen and oxygen atoms in total. The lowest BCUT2D eigenvalue weighted by Gasteiger charge is -2.04. The van der Waals surface area contributed by atoms with Crippen LogP contribution in [-0.2, 0) is 0 Å².